The molecule has 190 valence electrons. The molecule has 3 N–H and O–H groups in total. The molecule has 9 heteroatoms. The SMILES string of the molecule is C#C[C@@H]1C[C@@]2(CN1C(=O)[C@H](CC(C)(C)F)NC(=O)c1cc3cccc(Cl)c3[nH]1)C(=O)Nc1ccccc12. The van der Waals surface area contributed by atoms with Crippen LogP contribution in [-0.2, 0) is 15.0 Å². The summed E-state index contributed by atoms with van der Waals surface area (Å²) in [6.07, 6.45) is 5.76. The number of halogens is 2. The second-order valence-electron chi connectivity index (χ2n) is 10.3. The number of carbonyl (C=O) groups is 3. The van der Waals surface area contributed by atoms with Gasteiger partial charge in [-0.2, -0.15) is 0 Å². The predicted molar refractivity (Wildman–Crippen MR) is 140 cm³/mol. The van der Waals surface area contributed by atoms with E-state index in [-0.39, 0.29) is 31.0 Å². The highest BCUT2D eigenvalue weighted by Gasteiger charge is 2.56. The molecule has 1 spiro atoms. The van der Waals surface area contributed by atoms with Gasteiger partial charge in [-0.15, -0.1) is 6.42 Å². The maximum atomic E-state index is 14.8. The normalized spacial score (nSPS) is 21.5. The topological polar surface area (TPSA) is 94.3 Å². The Balaban J connectivity index is 1.44. The zero-order chi connectivity index (χ0) is 26.5. The van der Waals surface area contributed by atoms with E-state index in [0.717, 1.165) is 10.9 Å². The van der Waals surface area contributed by atoms with Gasteiger partial charge in [-0.25, -0.2) is 4.39 Å². The first-order chi connectivity index (χ1) is 17.5. The van der Waals surface area contributed by atoms with Crippen LogP contribution in [0.3, 0.4) is 0 Å². The second-order valence-corrected chi connectivity index (χ2v) is 10.7. The Morgan fingerprint density at radius 1 is 1.30 bits per heavy atom. The second kappa shape index (κ2) is 8.93. The Morgan fingerprint density at radius 3 is 2.76 bits per heavy atom. The maximum Gasteiger partial charge on any atom is 0.268 e. The van der Waals surface area contributed by atoms with Gasteiger partial charge in [-0.3, -0.25) is 14.4 Å². The van der Waals surface area contributed by atoms with Crippen molar-refractivity contribution in [1.82, 2.24) is 15.2 Å². The number of hydrogen-bond acceptors (Lipinski definition) is 3. The van der Waals surface area contributed by atoms with Gasteiger partial charge in [-0.05, 0) is 44.0 Å². The molecular formula is C28H26ClFN4O3. The summed E-state index contributed by atoms with van der Waals surface area (Å²) in [6.45, 7) is 2.71. The minimum absolute atomic E-state index is 0.0324. The molecule has 0 saturated carbocycles. The van der Waals surface area contributed by atoms with Gasteiger partial charge in [0.2, 0.25) is 11.8 Å². The summed E-state index contributed by atoms with van der Waals surface area (Å²) in [4.78, 5) is 44.5. The minimum Gasteiger partial charge on any atom is -0.349 e. The van der Waals surface area contributed by atoms with E-state index in [1.165, 1.54) is 18.7 Å². The number of carbonyl (C=O) groups excluding carboxylic acids is 3. The number of aromatic nitrogens is 1. The Bertz CT molecular complexity index is 1470. The molecule has 0 aliphatic carbocycles. The van der Waals surface area contributed by atoms with Crippen LogP contribution in [0.5, 0.6) is 0 Å². The van der Waals surface area contributed by atoms with Crippen LogP contribution in [0, 0.1) is 12.3 Å². The van der Waals surface area contributed by atoms with Crippen LogP contribution < -0.4 is 10.6 Å². The Morgan fingerprint density at radius 2 is 2.05 bits per heavy atom. The molecule has 1 saturated heterocycles. The number of H-pyrrole nitrogens is 1. The van der Waals surface area contributed by atoms with E-state index in [9.17, 15) is 18.8 Å². The molecule has 1 fully saturated rings. The zero-order valence-electron chi connectivity index (χ0n) is 20.4. The number of fused-ring (bicyclic) bond motifs is 3. The number of hydrogen-bond donors (Lipinski definition) is 3. The molecule has 2 aliphatic rings. The van der Waals surface area contributed by atoms with Crippen molar-refractivity contribution >= 4 is 45.9 Å². The van der Waals surface area contributed by atoms with Gasteiger partial charge in [0.25, 0.3) is 5.91 Å². The lowest BCUT2D eigenvalue weighted by Gasteiger charge is -2.30. The van der Waals surface area contributed by atoms with Crippen LogP contribution in [0.25, 0.3) is 10.9 Å². The van der Waals surface area contributed by atoms with Crippen molar-refractivity contribution in [3.63, 3.8) is 0 Å². The minimum atomic E-state index is -1.77. The summed E-state index contributed by atoms with van der Waals surface area (Å²) >= 11 is 6.22. The number of rotatable bonds is 5. The molecule has 3 heterocycles. The first-order valence-corrected chi connectivity index (χ1v) is 12.3. The summed E-state index contributed by atoms with van der Waals surface area (Å²) in [7, 11) is 0. The van der Waals surface area contributed by atoms with Crippen LogP contribution in [-0.4, -0.2) is 51.9 Å². The smallest absolute Gasteiger partial charge is 0.268 e. The molecule has 0 unspecified atom stereocenters. The van der Waals surface area contributed by atoms with E-state index in [1.54, 1.807) is 30.3 Å². The Kier molecular flexibility index (Phi) is 5.99. The van der Waals surface area contributed by atoms with Crippen molar-refractivity contribution in [2.45, 2.75) is 49.9 Å². The lowest BCUT2D eigenvalue weighted by Crippen LogP contribution is -2.52. The van der Waals surface area contributed by atoms with Gasteiger partial charge in [-0.1, -0.05) is 47.9 Å². The van der Waals surface area contributed by atoms with Gasteiger partial charge in [0.05, 0.1) is 22.0 Å². The summed E-state index contributed by atoms with van der Waals surface area (Å²) in [5, 5.41) is 6.75. The number of likely N-dealkylation sites (tertiary alicyclic amines) is 1. The molecule has 1 aromatic heterocycles. The van der Waals surface area contributed by atoms with Crippen molar-refractivity contribution < 1.29 is 18.8 Å². The first kappa shape index (κ1) is 24.8. The molecule has 7 nitrogen and oxygen atoms in total. The van der Waals surface area contributed by atoms with Crippen LogP contribution in [0.15, 0.2) is 48.5 Å². The van der Waals surface area contributed by atoms with Gasteiger partial charge < -0.3 is 20.5 Å². The third-order valence-electron chi connectivity index (χ3n) is 7.10. The molecule has 0 radical (unpaired) electrons. The van der Waals surface area contributed by atoms with E-state index >= 15 is 0 Å². The monoisotopic (exact) mass is 520 g/mol. The van der Waals surface area contributed by atoms with Crippen molar-refractivity contribution in [3.05, 3.63) is 64.8 Å². The highest BCUT2D eigenvalue weighted by molar-refractivity contribution is 6.35. The number of nitrogens with one attached hydrogen (secondary N) is 3. The van der Waals surface area contributed by atoms with Crippen molar-refractivity contribution in [2.75, 3.05) is 11.9 Å². The summed E-state index contributed by atoms with van der Waals surface area (Å²) in [6, 6.07) is 12.3. The third-order valence-corrected chi connectivity index (χ3v) is 7.42. The van der Waals surface area contributed by atoms with Crippen molar-refractivity contribution in [2.24, 2.45) is 0 Å². The number of benzene rings is 2. The fraction of sp³-hybridized carbons (Fsp3) is 0.321. The van der Waals surface area contributed by atoms with E-state index in [2.05, 4.69) is 21.5 Å². The number of terminal acetylenes is 1. The van der Waals surface area contributed by atoms with Crippen LogP contribution >= 0.6 is 11.6 Å². The lowest BCUT2D eigenvalue weighted by atomic mass is 9.79. The quantitative estimate of drug-likeness (QED) is 0.440. The summed E-state index contributed by atoms with van der Waals surface area (Å²) in [5.41, 5.74) is -0.535. The number of anilines is 1. The van der Waals surface area contributed by atoms with E-state index in [0.29, 0.717) is 16.2 Å². The van der Waals surface area contributed by atoms with Crippen LogP contribution in [0.1, 0.15) is 42.7 Å². The molecule has 3 aromatic rings. The van der Waals surface area contributed by atoms with Gasteiger partial charge in [0.1, 0.15) is 17.4 Å². The molecule has 3 atom stereocenters. The molecule has 3 amide bonds. The number of para-hydroxylation sites is 2. The number of nitrogens with zero attached hydrogens (tertiary/aromatic N) is 1. The fourth-order valence-electron chi connectivity index (χ4n) is 5.38. The average Bonchev–Trinajstić information content (AvgIpc) is 3.53. The first-order valence-electron chi connectivity index (χ1n) is 12.0. The van der Waals surface area contributed by atoms with Crippen molar-refractivity contribution in [1.29, 1.82) is 0 Å². The van der Waals surface area contributed by atoms with Crippen molar-refractivity contribution in [3.8, 4) is 12.3 Å². The number of aromatic amines is 1. The number of amides is 3. The molecule has 2 aromatic carbocycles. The molecule has 0 bridgehead atoms. The highest BCUT2D eigenvalue weighted by atomic mass is 35.5. The van der Waals surface area contributed by atoms with E-state index < -0.39 is 35.0 Å². The standard InChI is InChI=1S/C28H26ClFN4O3/c1-4-17-13-28(18-9-5-6-11-20(18)33-26(28)37)15-34(17)25(36)22(14-27(2,3)30)32-24(35)21-12-16-8-7-10-19(29)23(16)31-21/h1,5-12,17,22,31H,13-15H2,2-3H3,(H,32,35)(H,33,37)/t17-,22+,28+/m1/s1. The highest BCUT2D eigenvalue weighted by Crippen LogP contribution is 2.46. The predicted octanol–water partition coefficient (Wildman–Crippen LogP) is 4.18. The maximum absolute atomic E-state index is 14.8. The fourth-order valence-corrected chi connectivity index (χ4v) is 5.61. The largest absolute Gasteiger partial charge is 0.349 e. The van der Waals surface area contributed by atoms with E-state index in [4.69, 9.17) is 18.0 Å². The van der Waals surface area contributed by atoms with Gasteiger partial charge in [0.15, 0.2) is 0 Å². The third kappa shape index (κ3) is 4.34. The molecule has 5 rings (SSSR count). The zero-order valence-corrected chi connectivity index (χ0v) is 21.2. The van der Waals surface area contributed by atoms with Crippen LogP contribution in [0.4, 0.5) is 10.1 Å². The molecule has 37 heavy (non-hydrogen) atoms. The Labute approximate surface area is 218 Å². The Hall–Kier alpha value is -3.83. The molecular weight excluding hydrogens is 495 g/mol. The summed E-state index contributed by atoms with van der Waals surface area (Å²) in [5.74, 6) is 1.28. The summed E-state index contributed by atoms with van der Waals surface area (Å²) < 4.78 is 14.8. The average molecular weight is 521 g/mol. The van der Waals surface area contributed by atoms with E-state index in [1.807, 2.05) is 18.2 Å². The lowest BCUT2D eigenvalue weighted by molar-refractivity contribution is -0.134. The van der Waals surface area contributed by atoms with Crippen LogP contribution in [0.2, 0.25) is 5.02 Å². The number of alkyl halides is 1. The van der Waals surface area contributed by atoms with Gasteiger partial charge >= 0.3 is 0 Å². The van der Waals surface area contributed by atoms with Gasteiger partial charge in [0, 0.05) is 24.0 Å². The molecule has 2 aliphatic heterocycles.